The standard InChI is InChI=1S/C31H35F3N6O2.C22H22F3N5O3/c1-39-19-35-38-27(39)15-30(17-42-18-30)22-3-2-4-23(14-22)36-28(41)24-12-21(13-26(37-24)31(32,33)34)25(11-20-5-6-20)40-10-9-29(16-40)7-8-29;1-30-13-26-29-19(30)10-21(11-33-12-21)15-3-2-4-16(9-15)27-20(32)17-7-14(5-6-31)8-18(28-17)22(23,24)25/h2-4,12-14,19-20,25H,5-11,15-18H2,1H3,(H,36,41);2-4,7-9,13,31H,5-6,10-12H2,1H3,(H,27,32). The average Bonchev–Trinajstić information content (AvgIpc) is 4.20. The summed E-state index contributed by atoms with van der Waals surface area (Å²) < 4.78 is 96.6. The highest BCUT2D eigenvalue weighted by Crippen LogP contribution is 2.55. The number of amides is 2. The molecule has 4 aromatic heterocycles. The summed E-state index contributed by atoms with van der Waals surface area (Å²) >= 11 is 0. The monoisotopic (exact) mass is 1040 g/mol. The Bertz CT molecular complexity index is 3050. The Morgan fingerprint density at radius 3 is 1.67 bits per heavy atom. The van der Waals surface area contributed by atoms with Crippen molar-refractivity contribution in [2.45, 2.75) is 87.0 Å². The van der Waals surface area contributed by atoms with Crippen LogP contribution in [0.5, 0.6) is 0 Å². The van der Waals surface area contributed by atoms with Crippen molar-refractivity contribution < 1.29 is 50.5 Å². The second-order valence-corrected chi connectivity index (χ2v) is 21.0. The van der Waals surface area contributed by atoms with Crippen LogP contribution < -0.4 is 10.6 Å². The van der Waals surface area contributed by atoms with Gasteiger partial charge in [-0.2, -0.15) is 26.3 Å². The summed E-state index contributed by atoms with van der Waals surface area (Å²) in [5.41, 5.74) is 0.385. The van der Waals surface area contributed by atoms with Gasteiger partial charge in [-0.3, -0.25) is 14.5 Å². The van der Waals surface area contributed by atoms with Gasteiger partial charge in [0.15, 0.2) is 0 Å². The summed E-state index contributed by atoms with van der Waals surface area (Å²) in [6.07, 6.45) is 1.60. The van der Waals surface area contributed by atoms with Gasteiger partial charge in [-0.25, -0.2) is 9.97 Å². The molecule has 1 unspecified atom stereocenters. The molecule has 22 heteroatoms. The zero-order chi connectivity index (χ0) is 52.8. The Kier molecular flexibility index (Phi) is 14.2. The first-order valence-corrected chi connectivity index (χ1v) is 25.0. The van der Waals surface area contributed by atoms with E-state index in [0.717, 1.165) is 73.7 Å². The van der Waals surface area contributed by atoms with E-state index in [-0.39, 0.29) is 46.9 Å². The molecule has 0 bridgehead atoms. The third kappa shape index (κ3) is 11.6. The predicted octanol–water partition coefficient (Wildman–Crippen LogP) is 7.85. The summed E-state index contributed by atoms with van der Waals surface area (Å²) in [6, 6.07) is 19.2. The molecule has 2 amide bonds. The molecule has 2 saturated carbocycles. The number of aryl methyl sites for hydroxylation is 2. The largest absolute Gasteiger partial charge is 0.433 e. The molecule has 5 fully saturated rings. The average molecular weight is 1040 g/mol. The SMILES string of the molecule is Cn1cnnc1CC1(c2cccc(NC(=O)c3cc(C(CC4CC4)N4CCC5(CC5)C4)cc(C(F)(F)F)n3)c2)COC1.Cn1cnnc1CC1(c2cccc(NC(=O)c3cc(CCO)cc(C(F)(F)F)n3)c2)COC1. The number of anilines is 2. The minimum Gasteiger partial charge on any atom is -0.396 e. The summed E-state index contributed by atoms with van der Waals surface area (Å²) in [6.45, 7) is 3.39. The summed E-state index contributed by atoms with van der Waals surface area (Å²) in [7, 11) is 3.74. The Hall–Kier alpha value is -6.62. The summed E-state index contributed by atoms with van der Waals surface area (Å²) in [5.74, 6) is 0.705. The first kappa shape index (κ1) is 51.8. The van der Waals surface area contributed by atoms with Crippen LogP contribution in [-0.4, -0.2) is 107 Å². The first-order valence-electron chi connectivity index (χ1n) is 25.0. The molecule has 2 aliphatic carbocycles. The van der Waals surface area contributed by atoms with Crippen LogP contribution in [0.3, 0.4) is 0 Å². The van der Waals surface area contributed by atoms with Crippen molar-refractivity contribution in [2.24, 2.45) is 25.4 Å². The fraction of sp³-hybridized carbons (Fsp3) is 0.472. The molecule has 5 aliphatic rings. The smallest absolute Gasteiger partial charge is 0.396 e. The van der Waals surface area contributed by atoms with Gasteiger partial charge in [-0.05, 0) is 121 Å². The van der Waals surface area contributed by atoms with Gasteiger partial charge >= 0.3 is 12.4 Å². The Morgan fingerprint density at radius 1 is 0.720 bits per heavy atom. The highest BCUT2D eigenvalue weighted by molar-refractivity contribution is 6.03. The Labute approximate surface area is 428 Å². The maximum Gasteiger partial charge on any atom is 0.433 e. The maximum absolute atomic E-state index is 14.1. The van der Waals surface area contributed by atoms with Gasteiger partial charge in [-0.15, -0.1) is 20.4 Å². The molecule has 16 nitrogen and oxygen atoms in total. The molecule has 3 aliphatic heterocycles. The van der Waals surface area contributed by atoms with Gasteiger partial charge < -0.3 is 34.3 Å². The molecule has 3 saturated heterocycles. The number of carbonyl (C=O) groups excluding carboxylic acids is 2. The lowest BCUT2D eigenvalue weighted by Crippen LogP contribution is -2.49. The molecule has 1 spiro atoms. The number of halogens is 6. The van der Waals surface area contributed by atoms with E-state index < -0.39 is 35.6 Å². The normalized spacial score (nSPS) is 18.8. The molecule has 0 radical (unpaired) electrons. The number of alkyl halides is 6. The van der Waals surface area contributed by atoms with Crippen molar-refractivity contribution in [3.8, 4) is 0 Å². The minimum atomic E-state index is -4.71. The number of aliphatic hydroxyl groups is 1. The number of hydrogen-bond acceptors (Lipinski definition) is 12. The molecular weight excluding hydrogens is 985 g/mol. The lowest BCUT2D eigenvalue weighted by atomic mass is 9.75. The molecule has 396 valence electrons. The number of benzene rings is 2. The van der Waals surface area contributed by atoms with E-state index in [9.17, 15) is 35.9 Å². The number of aromatic nitrogens is 8. The van der Waals surface area contributed by atoms with Crippen LogP contribution in [0, 0.1) is 11.3 Å². The zero-order valence-electron chi connectivity index (χ0n) is 41.4. The van der Waals surface area contributed by atoms with Crippen molar-refractivity contribution >= 4 is 23.2 Å². The van der Waals surface area contributed by atoms with Gasteiger partial charge in [0.25, 0.3) is 11.8 Å². The van der Waals surface area contributed by atoms with E-state index in [0.29, 0.717) is 67.5 Å². The van der Waals surface area contributed by atoms with Gasteiger partial charge in [0.05, 0.1) is 26.4 Å². The number of hydrogen-bond donors (Lipinski definition) is 3. The first-order chi connectivity index (χ1) is 35.8. The third-order valence-corrected chi connectivity index (χ3v) is 15.3. The number of aliphatic hydroxyl groups excluding tert-OH is 1. The van der Waals surface area contributed by atoms with Crippen LogP contribution >= 0.6 is 0 Å². The highest BCUT2D eigenvalue weighted by atomic mass is 19.4. The van der Waals surface area contributed by atoms with Crippen molar-refractivity contribution in [3.63, 3.8) is 0 Å². The van der Waals surface area contributed by atoms with Crippen molar-refractivity contribution in [1.82, 2.24) is 44.4 Å². The van der Waals surface area contributed by atoms with Crippen LogP contribution in [0.2, 0.25) is 0 Å². The molecular formula is C53H57F6N11O5. The quantitative estimate of drug-likeness (QED) is 0.0799. The second-order valence-electron chi connectivity index (χ2n) is 21.0. The van der Waals surface area contributed by atoms with E-state index in [2.05, 4.69) is 45.9 Å². The van der Waals surface area contributed by atoms with Crippen molar-refractivity contribution in [3.05, 3.63) is 142 Å². The Morgan fingerprint density at radius 2 is 1.24 bits per heavy atom. The van der Waals surface area contributed by atoms with Crippen molar-refractivity contribution in [1.29, 1.82) is 0 Å². The number of nitrogens with zero attached hydrogens (tertiary/aromatic N) is 9. The molecule has 3 N–H and O–H groups in total. The van der Waals surface area contributed by atoms with E-state index >= 15 is 0 Å². The molecule has 7 heterocycles. The van der Waals surface area contributed by atoms with E-state index in [4.69, 9.17) is 14.6 Å². The number of likely N-dealkylation sites (tertiary alicyclic amines) is 1. The number of ether oxygens (including phenoxy) is 2. The summed E-state index contributed by atoms with van der Waals surface area (Å²) in [4.78, 5) is 35.9. The third-order valence-electron chi connectivity index (χ3n) is 15.3. The van der Waals surface area contributed by atoms with Gasteiger partial charge in [-0.1, -0.05) is 37.1 Å². The number of nitrogens with one attached hydrogen (secondary N) is 2. The maximum atomic E-state index is 14.1. The highest BCUT2D eigenvalue weighted by Gasteiger charge is 2.50. The predicted molar refractivity (Wildman–Crippen MR) is 260 cm³/mol. The van der Waals surface area contributed by atoms with Crippen LogP contribution in [-0.2, 0) is 66.0 Å². The van der Waals surface area contributed by atoms with Crippen LogP contribution in [0.25, 0.3) is 0 Å². The van der Waals surface area contributed by atoms with Gasteiger partial charge in [0.1, 0.15) is 47.1 Å². The molecule has 1 atom stereocenters. The number of carbonyl (C=O) groups is 2. The topological polar surface area (TPSA) is 187 Å². The van der Waals surface area contributed by atoms with E-state index in [1.165, 1.54) is 18.9 Å². The van der Waals surface area contributed by atoms with Gasteiger partial charge in [0, 0.05) is 68.3 Å². The molecule has 75 heavy (non-hydrogen) atoms. The molecule has 2 aromatic carbocycles. The fourth-order valence-electron chi connectivity index (χ4n) is 10.3. The second kappa shape index (κ2) is 20.5. The van der Waals surface area contributed by atoms with E-state index in [1.54, 1.807) is 43.0 Å². The molecule has 6 aromatic rings. The minimum absolute atomic E-state index is 0.0219. The lowest BCUT2D eigenvalue weighted by molar-refractivity contribution is -0.142. The zero-order valence-corrected chi connectivity index (χ0v) is 41.4. The van der Waals surface area contributed by atoms with E-state index in [1.807, 2.05) is 47.5 Å². The molecule has 11 rings (SSSR count). The number of rotatable bonds is 16. The Balaban J connectivity index is 0.000000177. The number of pyridine rings is 2. The van der Waals surface area contributed by atoms with Crippen LogP contribution in [0.4, 0.5) is 37.7 Å². The van der Waals surface area contributed by atoms with Crippen LogP contribution in [0.15, 0.2) is 85.5 Å². The lowest BCUT2D eigenvalue weighted by Gasteiger charge is -2.41. The van der Waals surface area contributed by atoms with Crippen molar-refractivity contribution in [2.75, 3.05) is 56.8 Å². The van der Waals surface area contributed by atoms with Crippen LogP contribution in [0.1, 0.15) is 111 Å². The fourth-order valence-corrected chi connectivity index (χ4v) is 10.3. The van der Waals surface area contributed by atoms with Gasteiger partial charge in [0.2, 0.25) is 0 Å². The summed E-state index contributed by atoms with van der Waals surface area (Å²) in [5, 5.41) is 30.8.